The molecule has 0 aliphatic heterocycles. The highest BCUT2D eigenvalue weighted by Crippen LogP contribution is 2.19. The van der Waals surface area contributed by atoms with Gasteiger partial charge in [0.2, 0.25) is 10.0 Å². The molecule has 0 fully saturated rings. The molecule has 1 N–H and O–H groups in total. The van der Waals surface area contributed by atoms with E-state index in [-0.39, 0.29) is 10.8 Å². The molecule has 1 amide bonds. The maximum atomic E-state index is 12.3. The van der Waals surface area contributed by atoms with Crippen LogP contribution in [0.15, 0.2) is 53.4 Å². The number of para-hydroxylation sites is 1. The smallest absolute Gasteiger partial charge is 0.251 e. The van der Waals surface area contributed by atoms with E-state index in [0.29, 0.717) is 18.7 Å². The number of rotatable bonds is 9. The van der Waals surface area contributed by atoms with Crippen molar-refractivity contribution in [3.63, 3.8) is 0 Å². The van der Waals surface area contributed by atoms with Crippen LogP contribution in [0, 0.1) is 0 Å². The Morgan fingerprint density at radius 2 is 1.85 bits per heavy atom. The summed E-state index contributed by atoms with van der Waals surface area (Å²) < 4.78 is 31.1. The molecule has 0 unspecified atom stereocenters. The maximum Gasteiger partial charge on any atom is 0.251 e. The van der Waals surface area contributed by atoms with Crippen molar-refractivity contribution in [2.75, 3.05) is 27.2 Å². The van der Waals surface area contributed by atoms with Gasteiger partial charge in [-0.1, -0.05) is 24.3 Å². The molecule has 27 heavy (non-hydrogen) atoms. The number of hydrogen-bond donors (Lipinski definition) is 1. The van der Waals surface area contributed by atoms with Gasteiger partial charge in [0, 0.05) is 26.2 Å². The van der Waals surface area contributed by atoms with E-state index in [1.165, 1.54) is 26.2 Å². The predicted octanol–water partition coefficient (Wildman–Crippen LogP) is 2.70. The molecule has 0 aliphatic carbocycles. The zero-order chi connectivity index (χ0) is 19.9. The number of carbonyl (C=O) groups excluding carboxylic acids is 1. The van der Waals surface area contributed by atoms with Gasteiger partial charge in [-0.15, -0.1) is 0 Å². The zero-order valence-electron chi connectivity index (χ0n) is 15.9. The Hall–Kier alpha value is -2.38. The van der Waals surface area contributed by atoms with Gasteiger partial charge in [-0.2, -0.15) is 0 Å². The van der Waals surface area contributed by atoms with Crippen molar-refractivity contribution >= 4 is 15.9 Å². The van der Waals surface area contributed by atoms with Crippen molar-refractivity contribution in [3.8, 4) is 5.75 Å². The molecule has 2 aromatic rings. The van der Waals surface area contributed by atoms with Crippen molar-refractivity contribution in [1.82, 2.24) is 9.62 Å². The first-order valence-electron chi connectivity index (χ1n) is 8.87. The fraction of sp³-hybridized carbons (Fsp3) is 0.350. The van der Waals surface area contributed by atoms with Gasteiger partial charge < -0.3 is 10.1 Å². The van der Waals surface area contributed by atoms with Crippen molar-refractivity contribution in [1.29, 1.82) is 0 Å². The number of nitrogens with one attached hydrogen (secondary N) is 1. The van der Waals surface area contributed by atoms with E-state index in [4.69, 9.17) is 4.74 Å². The summed E-state index contributed by atoms with van der Waals surface area (Å²) in [5, 5.41) is 2.84. The first-order valence-corrected chi connectivity index (χ1v) is 10.3. The van der Waals surface area contributed by atoms with Crippen LogP contribution in [0.3, 0.4) is 0 Å². The van der Waals surface area contributed by atoms with Crippen LogP contribution in [-0.4, -0.2) is 45.9 Å². The van der Waals surface area contributed by atoms with Crippen molar-refractivity contribution in [2.24, 2.45) is 0 Å². The quantitative estimate of drug-likeness (QED) is 0.668. The molecule has 0 radical (unpaired) electrons. The molecule has 0 aromatic heterocycles. The number of amides is 1. The van der Waals surface area contributed by atoms with Gasteiger partial charge in [0.05, 0.1) is 11.5 Å². The molecule has 0 heterocycles. The van der Waals surface area contributed by atoms with Crippen molar-refractivity contribution < 1.29 is 17.9 Å². The summed E-state index contributed by atoms with van der Waals surface area (Å²) in [6, 6.07) is 13.9. The van der Waals surface area contributed by atoms with Crippen LogP contribution < -0.4 is 10.1 Å². The number of benzene rings is 2. The molecule has 0 aliphatic rings. The summed E-state index contributed by atoms with van der Waals surface area (Å²) in [6.07, 6.45) is 1.54. The standard InChI is InChI=1S/C20H26N2O4S/c1-4-26-19-13-6-5-9-16(19)11-8-14-21-20(23)17-10-7-12-18(15-17)27(24,25)22(2)3/h5-7,9-10,12-13,15H,4,8,11,14H2,1-3H3,(H,21,23). The molecule has 0 saturated carbocycles. The second-order valence-corrected chi connectivity index (χ2v) is 8.37. The number of ether oxygens (including phenoxy) is 1. The topological polar surface area (TPSA) is 75.7 Å². The van der Waals surface area contributed by atoms with E-state index >= 15 is 0 Å². The number of carbonyl (C=O) groups is 1. The first kappa shape index (κ1) is 20.9. The molecule has 0 spiro atoms. The second kappa shape index (κ2) is 9.53. The van der Waals surface area contributed by atoms with Gasteiger partial charge in [-0.25, -0.2) is 12.7 Å². The average molecular weight is 391 g/mol. The molecule has 0 bridgehead atoms. The Kier molecular flexibility index (Phi) is 7.38. The fourth-order valence-corrected chi connectivity index (χ4v) is 3.55. The Labute approximate surface area is 161 Å². The zero-order valence-corrected chi connectivity index (χ0v) is 16.8. The number of aryl methyl sites for hydroxylation is 1. The van der Waals surface area contributed by atoms with E-state index in [1.54, 1.807) is 12.1 Å². The summed E-state index contributed by atoms with van der Waals surface area (Å²) in [5.41, 5.74) is 1.43. The SMILES string of the molecule is CCOc1ccccc1CCCNC(=O)c1cccc(S(=O)(=O)N(C)C)c1. The lowest BCUT2D eigenvalue weighted by Crippen LogP contribution is -2.26. The third kappa shape index (κ3) is 5.55. The summed E-state index contributed by atoms with van der Waals surface area (Å²) in [4.78, 5) is 12.4. The summed E-state index contributed by atoms with van der Waals surface area (Å²) >= 11 is 0. The van der Waals surface area contributed by atoms with Crippen LogP contribution in [0.1, 0.15) is 29.3 Å². The first-order chi connectivity index (χ1) is 12.9. The highest BCUT2D eigenvalue weighted by molar-refractivity contribution is 7.89. The molecular formula is C20H26N2O4S. The Morgan fingerprint density at radius 1 is 1.11 bits per heavy atom. The van der Waals surface area contributed by atoms with Gasteiger partial charge in [0.15, 0.2) is 0 Å². The highest BCUT2D eigenvalue weighted by Gasteiger charge is 2.18. The molecular weight excluding hydrogens is 364 g/mol. The summed E-state index contributed by atoms with van der Waals surface area (Å²) in [6.45, 7) is 3.05. The largest absolute Gasteiger partial charge is 0.494 e. The average Bonchev–Trinajstić information content (AvgIpc) is 2.66. The molecule has 7 heteroatoms. The van der Waals surface area contributed by atoms with Crippen LogP contribution in [0.2, 0.25) is 0 Å². The number of sulfonamides is 1. The lowest BCUT2D eigenvalue weighted by atomic mass is 10.1. The van der Waals surface area contributed by atoms with Crippen LogP contribution in [0.4, 0.5) is 0 Å². The van der Waals surface area contributed by atoms with Crippen molar-refractivity contribution in [2.45, 2.75) is 24.7 Å². The Bertz CT molecular complexity index is 879. The fourth-order valence-electron chi connectivity index (χ4n) is 2.60. The molecule has 146 valence electrons. The summed E-state index contributed by atoms with van der Waals surface area (Å²) in [7, 11) is -0.644. The van der Waals surface area contributed by atoms with E-state index in [1.807, 2.05) is 31.2 Å². The predicted molar refractivity (Wildman–Crippen MR) is 106 cm³/mol. The van der Waals surface area contributed by atoms with E-state index in [9.17, 15) is 13.2 Å². The third-order valence-electron chi connectivity index (χ3n) is 4.06. The number of hydrogen-bond acceptors (Lipinski definition) is 4. The van der Waals surface area contributed by atoms with Crippen LogP contribution in [-0.2, 0) is 16.4 Å². The van der Waals surface area contributed by atoms with E-state index < -0.39 is 10.0 Å². The Morgan fingerprint density at radius 3 is 2.56 bits per heavy atom. The lowest BCUT2D eigenvalue weighted by Gasteiger charge is -2.12. The molecule has 6 nitrogen and oxygen atoms in total. The van der Waals surface area contributed by atoms with Crippen LogP contribution in [0.25, 0.3) is 0 Å². The minimum Gasteiger partial charge on any atom is -0.494 e. The minimum atomic E-state index is -3.56. The highest BCUT2D eigenvalue weighted by atomic mass is 32.2. The third-order valence-corrected chi connectivity index (χ3v) is 5.87. The summed E-state index contributed by atoms with van der Waals surface area (Å²) in [5.74, 6) is 0.580. The van der Waals surface area contributed by atoms with Gasteiger partial charge in [-0.3, -0.25) is 4.79 Å². The molecule has 2 rings (SSSR count). The van der Waals surface area contributed by atoms with Crippen LogP contribution >= 0.6 is 0 Å². The second-order valence-electron chi connectivity index (χ2n) is 6.22. The van der Waals surface area contributed by atoms with Crippen molar-refractivity contribution in [3.05, 3.63) is 59.7 Å². The molecule has 2 aromatic carbocycles. The van der Waals surface area contributed by atoms with E-state index in [2.05, 4.69) is 5.32 Å². The van der Waals surface area contributed by atoms with Gasteiger partial charge in [0.25, 0.3) is 5.91 Å². The van der Waals surface area contributed by atoms with Gasteiger partial charge in [-0.05, 0) is 49.6 Å². The minimum absolute atomic E-state index is 0.103. The Balaban J connectivity index is 1.94. The maximum absolute atomic E-state index is 12.3. The van der Waals surface area contributed by atoms with Gasteiger partial charge in [0.1, 0.15) is 5.75 Å². The van der Waals surface area contributed by atoms with E-state index in [0.717, 1.165) is 28.5 Å². The monoisotopic (exact) mass is 390 g/mol. The van der Waals surface area contributed by atoms with Gasteiger partial charge >= 0.3 is 0 Å². The number of nitrogens with zero attached hydrogens (tertiary/aromatic N) is 1. The normalized spacial score (nSPS) is 11.4. The van der Waals surface area contributed by atoms with Crippen LogP contribution in [0.5, 0.6) is 5.75 Å². The lowest BCUT2D eigenvalue weighted by molar-refractivity contribution is 0.0953. The molecule has 0 atom stereocenters. The molecule has 0 saturated heterocycles.